The minimum Gasteiger partial charge on any atom is -0.415 e. The van der Waals surface area contributed by atoms with Crippen molar-refractivity contribution in [3.8, 4) is 11.5 Å². The fraction of sp³-hybridized carbons (Fsp3) is 0.423. The predicted molar refractivity (Wildman–Crippen MR) is 132 cm³/mol. The number of carbonyl (C=O) groups is 1. The van der Waals surface area contributed by atoms with Crippen LogP contribution in [0.1, 0.15) is 37.6 Å². The Bertz CT molecular complexity index is 1070. The molecule has 1 fully saturated rings. The van der Waals surface area contributed by atoms with Gasteiger partial charge in [-0.25, -0.2) is 4.39 Å². The molecule has 0 spiro atoms. The molecule has 1 saturated heterocycles. The average Bonchev–Trinajstić information content (AvgIpc) is 3.39. The first-order valence-electron chi connectivity index (χ1n) is 12.0. The standard InChI is InChI=1S/C17H12F3N3O2.C9H20N2/c18-14-8-11(16-21-22-17(25-16)15(19)20)6-7-12(14)9-23(10-24)13-4-2-1-3-5-13;1-9-3-6-11(7-4-9)8-5-10-2/h1-8,10,15H,9H2;9-10H,3-8H2,1-2H3. The maximum atomic E-state index is 14.3. The molecule has 1 amide bonds. The number of alkyl halides is 2. The molecule has 2 aromatic carbocycles. The molecule has 1 aliphatic rings. The van der Waals surface area contributed by atoms with Crippen molar-refractivity contribution in [2.45, 2.75) is 32.7 Å². The van der Waals surface area contributed by atoms with Crippen LogP contribution in [0.4, 0.5) is 18.9 Å². The molecule has 0 bridgehead atoms. The Balaban J connectivity index is 0.000000275. The average molecular weight is 504 g/mol. The van der Waals surface area contributed by atoms with Crippen LogP contribution >= 0.6 is 0 Å². The monoisotopic (exact) mass is 503 g/mol. The summed E-state index contributed by atoms with van der Waals surface area (Å²) in [4.78, 5) is 15.2. The van der Waals surface area contributed by atoms with E-state index in [0.29, 0.717) is 12.1 Å². The summed E-state index contributed by atoms with van der Waals surface area (Å²) in [7, 11) is 2.02. The van der Waals surface area contributed by atoms with Crippen LogP contribution in [-0.4, -0.2) is 54.7 Å². The summed E-state index contributed by atoms with van der Waals surface area (Å²) < 4.78 is 44.1. The van der Waals surface area contributed by atoms with E-state index in [-0.39, 0.29) is 23.6 Å². The fourth-order valence-electron chi connectivity index (χ4n) is 3.80. The van der Waals surface area contributed by atoms with Crippen molar-refractivity contribution in [2.75, 3.05) is 38.1 Å². The molecule has 10 heteroatoms. The quantitative estimate of drug-likeness (QED) is 0.418. The van der Waals surface area contributed by atoms with Gasteiger partial charge in [0.2, 0.25) is 12.3 Å². The number of carbonyl (C=O) groups excluding carboxylic acids is 1. The number of nitrogens with one attached hydrogen (secondary N) is 1. The summed E-state index contributed by atoms with van der Waals surface area (Å²) >= 11 is 0. The smallest absolute Gasteiger partial charge is 0.314 e. The maximum Gasteiger partial charge on any atom is 0.314 e. The maximum absolute atomic E-state index is 14.3. The Morgan fingerprint density at radius 3 is 2.47 bits per heavy atom. The Labute approximate surface area is 209 Å². The van der Waals surface area contributed by atoms with E-state index in [0.717, 1.165) is 18.5 Å². The largest absolute Gasteiger partial charge is 0.415 e. The molecule has 4 rings (SSSR count). The van der Waals surface area contributed by atoms with Crippen molar-refractivity contribution in [3.63, 3.8) is 0 Å². The highest BCUT2D eigenvalue weighted by Gasteiger charge is 2.18. The van der Waals surface area contributed by atoms with Gasteiger partial charge in [0.05, 0.1) is 6.54 Å². The molecule has 194 valence electrons. The molecule has 0 atom stereocenters. The summed E-state index contributed by atoms with van der Waals surface area (Å²) in [5, 5.41) is 9.86. The van der Waals surface area contributed by atoms with Crippen LogP contribution in [0, 0.1) is 11.7 Å². The number of halogens is 3. The molecule has 0 unspecified atom stereocenters. The first-order chi connectivity index (χ1) is 17.4. The van der Waals surface area contributed by atoms with Crippen molar-refractivity contribution >= 4 is 12.1 Å². The Hall–Kier alpha value is -3.24. The van der Waals surface area contributed by atoms with Gasteiger partial charge in [0.1, 0.15) is 5.82 Å². The lowest BCUT2D eigenvalue weighted by atomic mass is 9.99. The van der Waals surface area contributed by atoms with Crippen LogP contribution in [-0.2, 0) is 11.3 Å². The zero-order valence-corrected chi connectivity index (χ0v) is 20.5. The number of amides is 1. The van der Waals surface area contributed by atoms with E-state index >= 15 is 0 Å². The van der Waals surface area contributed by atoms with Gasteiger partial charge in [0, 0.05) is 29.9 Å². The normalized spacial score (nSPS) is 14.4. The number of nitrogens with zero attached hydrogens (tertiary/aromatic N) is 4. The van der Waals surface area contributed by atoms with Gasteiger partial charge in [0.25, 0.3) is 5.89 Å². The van der Waals surface area contributed by atoms with Crippen LogP contribution in [0.25, 0.3) is 11.5 Å². The van der Waals surface area contributed by atoms with E-state index in [1.807, 2.05) is 7.05 Å². The first kappa shape index (κ1) is 27.3. The van der Waals surface area contributed by atoms with Crippen molar-refractivity contribution in [2.24, 2.45) is 5.92 Å². The predicted octanol–water partition coefficient (Wildman–Crippen LogP) is 4.91. The van der Waals surface area contributed by atoms with Gasteiger partial charge in [-0.05, 0) is 63.2 Å². The number of likely N-dealkylation sites (tertiary alicyclic amines) is 1. The third-order valence-corrected chi connectivity index (χ3v) is 6.04. The highest BCUT2D eigenvalue weighted by Crippen LogP contribution is 2.25. The Morgan fingerprint density at radius 2 is 1.89 bits per heavy atom. The fourth-order valence-corrected chi connectivity index (χ4v) is 3.80. The lowest BCUT2D eigenvalue weighted by Crippen LogP contribution is -2.37. The van der Waals surface area contributed by atoms with Gasteiger partial charge in [-0.3, -0.25) is 4.79 Å². The summed E-state index contributed by atoms with van der Waals surface area (Å²) in [6.45, 7) is 7.35. The zero-order valence-electron chi connectivity index (χ0n) is 20.5. The van der Waals surface area contributed by atoms with E-state index in [1.165, 1.54) is 49.5 Å². The van der Waals surface area contributed by atoms with Crippen molar-refractivity contribution in [1.29, 1.82) is 0 Å². The van der Waals surface area contributed by atoms with Crippen LogP contribution in [0.15, 0.2) is 52.9 Å². The van der Waals surface area contributed by atoms with Crippen molar-refractivity contribution < 1.29 is 22.4 Å². The summed E-state index contributed by atoms with van der Waals surface area (Å²) in [6.07, 6.45) is 0.501. The molecule has 1 aromatic heterocycles. The number of benzene rings is 2. The third-order valence-electron chi connectivity index (χ3n) is 6.04. The molecule has 0 aliphatic carbocycles. The number of anilines is 1. The van der Waals surface area contributed by atoms with E-state index < -0.39 is 18.1 Å². The van der Waals surface area contributed by atoms with Crippen LogP contribution in [0.3, 0.4) is 0 Å². The highest BCUT2D eigenvalue weighted by atomic mass is 19.3. The first-order valence-corrected chi connectivity index (χ1v) is 12.0. The van der Waals surface area contributed by atoms with E-state index in [4.69, 9.17) is 4.42 Å². The number of hydrogen-bond acceptors (Lipinski definition) is 6. The van der Waals surface area contributed by atoms with E-state index in [2.05, 4.69) is 27.3 Å². The second-order valence-corrected chi connectivity index (χ2v) is 8.75. The molecular weight excluding hydrogens is 471 g/mol. The summed E-state index contributed by atoms with van der Waals surface area (Å²) in [5.74, 6) is -0.676. The number of para-hydroxylation sites is 1. The topological polar surface area (TPSA) is 74.5 Å². The number of rotatable bonds is 9. The second-order valence-electron chi connectivity index (χ2n) is 8.75. The number of aromatic nitrogens is 2. The van der Waals surface area contributed by atoms with Gasteiger partial charge in [-0.15, -0.1) is 10.2 Å². The van der Waals surface area contributed by atoms with Gasteiger partial charge >= 0.3 is 6.43 Å². The lowest BCUT2D eigenvalue weighted by Gasteiger charge is -2.29. The highest BCUT2D eigenvalue weighted by molar-refractivity contribution is 5.75. The lowest BCUT2D eigenvalue weighted by molar-refractivity contribution is -0.107. The number of piperidine rings is 1. The van der Waals surface area contributed by atoms with Gasteiger partial charge in [-0.1, -0.05) is 31.2 Å². The molecule has 0 saturated carbocycles. The molecule has 0 radical (unpaired) electrons. The van der Waals surface area contributed by atoms with Crippen LogP contribution < -0.4 is 10.2 Å². The summed E-state index contributed by atoms with van der Waals surface area (Å²) in [6, 6.07) is 12.8. The van der Waals surface area contributed by atoms with Crippen molar-refractivity contribution in [3.05, 3.63) is 65.8 Å². The SMILES string of the molecule is CNCCN1CCC(C)CC1.O=CN(Cc1ccc(-c2nnc(C(F)F)o2)cc1F)c1ccccc1. The number of likely N-dealkylation sites (N-methyl/N-ethyl adjacent to an activating group) is 1. The third kappa shape index (κ3) is 7.89. The van der Waals surface area contributed by atoms with Gasteiger partial charge < -0.3 is 19.5 Å². The summed E-state index contributed by atoms with van der Waals surface area (Å²) in [5.41, 5.74) is 1.06. The minimum absolute atomic E-state index is 0.0196. The molecule has 36 heavy (non-hydrogen) atoms. The molecule has 3 aromatic rings. The van der Waals surface area contributed by atoms with E-state index in [9.17, 15) is 18.0 Å². The molecule has 1 N–H and O–H groups in total. The van der Waals surface area contributed by atoms with E-state index in [1.54, 1.807) is 30.3 Å². The zero-order chi connectivity index (χ0) is 25.9. The van der Waals surface area contributed by atoms with Crippen LogP contribution in [0.5, 0.6) is 0 Å². The Morgan fingerprint density at radius 1 is 1.17 bits per heavy atom. The minimum atomic E-state index is -2.89. The van der Waals surface area contributed by atoms with Gasteiger partial charge in [-0.2, -0.15) is 8.78 Å². The van der Waals surface area contributed by atoms with Crippen LogP contribution in [0.2, 0.25) is 0 Å². The van der Waals surface area contributed by atoms with Crippen molar-refractivity contribution in [1.82, 2.24) is 20.4 Å². The molecular formula is C26H32F3N5O2. The second kappa shape index (κ2) is 13.7. The Kier molecular flexibility index (Phi) is 10.4. The van der Waals surface area contributed by atoms with Gasteiger partial charge in [0.15, 0.2) is 0 Å². The molecule has 7 nitrogen and oxygen atoms in total. The number of hydrogen-bond donors (Lipinski definition) is 1. The molecule has 1 aliphatic heterocycles. The molecule has 2 heterocycles.